The average Bonchev–Trinajstić information content (AvgIpc) is 2.81. The molecule has 0 radical (unpaired) electrons. The van der Waals surface area contributed by atoms with Crippen LogP contribution in [-0.4, -0.2) is 80.4 Å². The number of aromatic nitrogens is 2. The smallest absolute Gasteiger partial charge is 0.225 e. The summed E-state index contributed by atoms with van der Waals surface area (Å²) >= 11 is 0. The lowest BCUT2D eigenvalue weighted by Gasteiger charge is -2.36. The molecule has 160 valence electrons. The molecular formula is C21H28FN7O. The van der Waals surface area contributed by atoms with E-state index in [1.807, 2.05) is 23.1 Å². The summed E-state index contributed by atoms with van der Waals surface area (Å²) in [4.78, 5) is 19.5. The van der Waals surface area contributed by atoms with Gasteiger partial charge in [-0.15, -0.1) is 0 Å². The minimum atomic E-state index is -0.192. The Morgan fingerprint density at radius 2 is 1.80 bits per heavy atom. The van der Waals surface area contributed by atoms with Gasteiger partial charge in [0.1, 0.15) is 5.82 Å². The van der Waals surface area contributed by atoms with Crippen LogP contribution in [0.5, 0.6) is 0 Å². The molecule has 0 atom stereocenters. The van der Waals surface area contributed by atoms with Crippen molar-refractivity contribution in [3.8, 4) is 0 Å². The van der Waals surface area contributed by atoms with Gasteiger partial charge in [0.2, 0.25) is 5.95 Å². The van der Waals surface area contributed by atoms with Gasteiger partial charge in [0.25, 0.3) is 0 Å². The predicted molar refractivity (Wildman–Crippen MR) is 115 cm³/mol. The molecule has 2 aliphatic heterocycles. The SMILES string of the molecule is CN=C(NCc1ccc(N2CCOCC2)c(F)c1)N1CCN(c2ncccn2)CC1. The predicted octanol–water partition coefficient (Wildman–Crippen LogP) is 1.35. The lowest BCUT2D eigenvalue weighted by molar-refractivity contribution is 0.122. The highest BCUT2D eigenvalue weighted by Gasteiger charge is 2.21. The number of hydrogen-bond donors (Lipinski definition) is 1. The third-order valence-electron chi connectivity index (χ3n) is 5.44. The minimum absolute atomic E-state index is 0.192. The van der Waals surface area contributed by atoms with Gasteiger partial charge < -0.3 is 24.8 Å². The molecule has 30 heavy (non-hydrogen) atoms. The summed E-state index contributed by atoms with van der Waals surface area (Å²) in [6.45, 7) is 6.55. The number of benzene rings is 1. The van der Waals surface area contributed by atoms with Crippen molar-refractivity contribution in [2.75, 3.05) is 69.3 Å². The van der Waals surface area contributed by atoms with Gasteiger partial charge in [-0.1, -0.05) is 6.07 Å². The molecule has 2 aromatic rings. The second-order valence-electron chi connectivity index (χ2n) is 7.31. The lowest BCUT2D eigenvalue weighted by atomic mass is 10.1. The molecule has 2 fully saturated rings. The van der Waals surface area contributed by atoms with Crippen molar-refractivity contribution in [2.45, 2.75) is 6.54 Å². The Morgan fingerprint density at radius 1 is 1.07 bits per heavy atom. The molecule has 0 spiro atoms. The zero-order valence-corrected chi connectivity index (χ0v) is 17.3. The van der Waals surface area contributed by atoms with Crippen LogP contribution in [0.3, 0.4) is 0 Å². The van der Waals surface area contributed by atoms with Gasteiger partial charge in [0, 0.05) is 65.3 Å². The minimum Gasteiger partial charge on any atom is -0.378 e. The maximum absolute atomic E-state index is 14.6. The fourth-order valence-corrected chi connectivity index (χ4v) is 3.81. The number of anilines is 2. The zero-order valence-electron chi connectivity index (χ0n) is 17.3. The molecule has 4 rings (SSSR count). The van der Waals surface area contributed by atoms with Crippen molar-refractivity contribution in [2.24, 2.45) is 4.99 Å². The van der Waals surface area contributed by atoms with Gasteiger partial charge in [-0.05, 0) is 23.8 Å². The highest BCUT2D eigenvalue weighted by Crippen LogP contribution is 2.21. The largest absolute Gasteiger partial charge is 0.378 e. The molecule has 0 saturated carbocycles. The van der Waals surface area contributed by atoms with E-state index in [0.717, 1.165) is 56.7 Å². The van der Waals surface area contributed by atoms with Crippen LogP contribution in [0.15, 0.2) is 41.7 Å². The van der Waals surface area contributed by atoms with Gasteiger partial charge in [-0.25, -0.2) is 14.4 Å². The maximum Gasteiger partial charge on any atom is 0.225 e. The molecule has 1 aromatic heterocycles. The number of rotatable bonds is 4. The van der Waals surface area contributed by atoms with Crippen LogP contribution >= 0.6 is 0 Å². The summed E-state index contributed by atoms with van der Waals surface area (Å²) in [5.74, 6) is 1.39. The van der Waals surface area contributed by atoms with Crippen LogP contribution in [0.25, 0.3) is 0 Å². The van der Waals surface area contributed by atoms with Crippen LogP contribution in [0.2, 0.25) is 0 Å². The Hall–Kier alpha value is -2.94. The first-order valence-electron chi connectivity index (χ1n) is 10.3. The Kier molecular flexibility index (Phi) is 6.58. The summed E-state index contributed by atoms with van der Waals surface area (Å²) in [7, 11) is 1.77. The molecule has 1 aromatic carbocycles. The van der Waals surface area contributed by atoms with Crippen LogP contribution < -0.4 is 15.1 Å². The lowest BCUT2D eigenvalue weighted by Crippen LogP contribution is -2.52. The first kappa shape index (κ1) is 20.3. The Balaban J connectivity index is 1.31. The van der Waals surface area contributed by atoms with E-state index in [1.165, 1.54) is 0 Å². The first-order chi connectivity index (χ1) is 14.7. The number of morpholine rings is 1. The van der Waals surface area contributed by atoms with E-state index in [0.29, 0.717) is 25.4 Å². The number of guanidine groups is 1. The Bertz CT molecular complexity index is 850. The van der Waals surface area contributed by atoms with Gasteiger partial charge in [-0.2, -0.15) is 0 Å². The Labute approximate surface area is 176 Å². The van der Waals surface area contributed by atoms with Crippen LogP contribution in [0.4, 0.5) is 16.0 Å². The molecular weight excluding hydrogens is 385 g/mol. The number of nitrogens with zero attached hydrogens (tertiary/aromatic N) is 6. The maximum atomic E-state index is 14.6. The van der Waals surface area contributed by atoms with Crippen molar-refractivity contribution in [3.05, 3.63) is 48.0 Å². The molecule has 8 nitrogen and oxygen atoms in total. The Morgan fingerprint density at radius 3 is 2.47 bits per heavy atom. The third-order valence-corrected chi connectivity index (χ3v) is 5.44. The van der Waals surface area contributed by atoms with Gasteiger partial charge >= 0.3 is 0 Å². The van der Waals surface area contributed by atoms with E-state index < -0.39 is 0 Å². The number of nitrogens with one attached hydrogen (secondary N) is 1. The molecule has 0 aliphatic carbocycles. The molecule has 9 heteroatoms. The van der Waals surface area contributed by atoms with Gasteiger partial charge in [0.15, 0.2) is 5.96 Å². The molecule has 2 aliphatic rings. The van der Waals surface area contributed by atoms with E-state index in [2.05, 4.69) is 30.1 Å². The first-order valence-corrected chi connectivity index (χ1v) is 10.3. The van der Waals surface area contributed by atoms with Crippen LogP contribution in [-0.2, 0) is 11.3 Å². The van der Waals surface area contributed by atoms with E-state index in [-0.39, 0.29) is 5.82 Å². The van der Waals surface area contributed by atoms with E-state index in [4.69, 9.17) is 4.74 Å². The molecule has 1 N–H and O–H groups in total. The number of halogens is 1. The molecule has 0 bridgehead atoms. The number of aliphatic imine (C=N–C) groups is 1. The van der Waals surface area contributed by atoms with E-state index >= 15 is 0 Å². The monoisotopic (exact) mass is 413 g/mol. The van der Waals surface area contributed by atoms with Gasteiger partial charge in [-0.3, -0.25) is 4.99 Å². The molecule has 0 unspecified atom stereocenters. The second-order valence-corrected chi connectivity index (χ2v) is 7.31. The quantitative estimate of drug-likeness (QED) is 0.599. The van der Waals surface area contributed by atoms with Crippen molar-refractivity contribution in [1.82, 2.24) is 20.2 Å². The molecule has 0 amide bonds. The zero-order chi connectivity index (χ0) is 20.8. The summed E-state index contributed by atoms with van der Waals surface area (Å²) in [5, 5.41) is 3.36. The van der Waals surface area contributed by atoms with Crippen molar-refractivity contribution < 1.29 is 9.13 Å². The molecule has 3 heterocycles. The fourth-order valence-electron chi connectivity index (χ4n) is 3.81. The average molecular weight is 414 g/mol. The van der Waals surface area contributed by atoms with Crippen LogP contribution in [0.1, 0.15) is 5.56 Å². The standard InChI is InChI=1S/C21H28FN7O/c1-23-20(28-7-9-29(10-8-28)21-24-5-2-6-25-21)26-16-17-3-4-19(18(22)15-17)27-11-13-30-14-12-27/h2-6,15H,7-14,16H2,1H3,(H,23,26). The topological polar surface area (TPSA) is 69.1 Å². The number of piperazine rings is 1. The second kappa shape index (κ2) is 9.71. The van der Waals surface area contributed by atoms with Gasteiger partial charge in [0.05, 0.1) is 18.9 Å². The summed E-state index contributed by atoms with van der Waals surface area (Å²) in [5.41, 5.74) is 1.53. The number of ether oxygens (including phenoxy) is 1. The van der Waals surface area contributed by atoms with E-state index in [9.17, 15) is 4.39 Å². The van der Waals surface area contributed by atoms with Crippen molar-refractivity contribution in [3.63, 3.8) is 0 Å². The van der Waals surface area contributed by atoms with Crippen LogP contribution in [0, 0.1) is 5.82 Å². The van der Waals surface area contributed by atoms with Crippen molar-refractivity contribution in [1.29, 1.82) is 0 Å². The highest BCUT2D eigenvalue weighted by atomic mass is 19.1. The fraction of sp³-hybridized carbons (Fsp3) is 0.476. The highest BCUT2D eigenvalue weighted by molar-refractivity contribution is 5.80. The normalized spacial score (nSPS) is 17.9. The van der Waals surface area contributed by atoms with E-state index in [1.54, 1.807) is 25.5 Å². The summed E-state index contributed by atoms with van der Waals surface area (Å²) in [6, 6.07) is 7.26. The molecule has 2 saturated heterocycles. The number of hydrogen-bond acceptors (Lipinski definition) is 6. The third kappa shape index (κ3) is 4.79. The summed E-state index contributed by atoms with van der Waals surface area (Å²) < 4.78 is 20.0. The summed E-state index contributed by atoms with van der Waals surface area (Å²) in [6.07, 6.45) is 3.53. The van der Waals surface area contributed by atoms with Crippen molar-refractivity contribution >= 4 is 17.6 Å².